The Hall–Kier alpha value is -1.79. The van der Waals surface area contributed by atoms with Gasteiger partial charge in [-0.2, -0.15) is 4.31 Å². The van der Waals surface area contributed by atoms with Crippen LogP contribution in [-0.4, -0.2) is 19.3 Å². The van der Waals surface area contributed by atoms with E-state index >= 15 is 0 Å². The number of sulfonamides is 1. The van der Waals surface area contributed by atoms with Crippen molar-refractivity contribution < 1.29 is 17.2 Å². The molecule has 0 aromatic heterocycles. The molecule has 1 aliphatic heterocycles. The number of rotatable bonds is 3. The van der Waals surface area contributed by atoms with Crippen LogP contribution in [0, 0.1) is 18.6 Å². The van der Waals surface area contributed by atoms with Gasteiger partial charge in [0.05, 0.1) is 6.04 Å². The average molecular weight is 337 g/mol. The highest BCUT2D eigenvalue weighted by Gasteiger charge is 2.38. The molecule has 1 fully saturated rings. The minimum absolute atomic E-state index is 0.303. The summed E-state index contributed by atoms with van der Waals surface area (Å²) in [4.78, 5) is -0.599. The molecule has 0 aliphatic carbocycles. The van der Waals surface area contributed by atoms with Gasteiger partial charge < -0.3 is 0 Å². The van der Waals surface area contributed by atoms with E-state index in [1.807, 2.05) is 31.2 Å². The summed E-state index contributed by atoms with van der Waals surface area (Å²) < 4.78 is 54.3. The van der Waals surface area contributed by atoms with Crippen LogP contribution in [0.4, 0.5) is 8.78 Å². The van der Waals surface area contributed by atoms with Gasteiger partial charge in [-0.25, -0.2) is 17.2 Å². The molecular weight excluding hydrogens is 320 g/mol. The Morgan fingerprint density at radius 1 is 1.13 bits per heavy atom. The van der Waals surface area contributed by atoms with Crippen LogP contribution in [0.2, 0.25) is 0 Å². The molecule has 6 heteroatoms. The van der Waals surface area contributed by atoms with E-state index < -0.39 is 26.6 Å². The fourth-order valence-electron chi connectivity index (χ4n) is 3.10. The Kier molecular flexibility index (Phi) is 4.21. The topological polar surface area (TPSA) is 37.4 Å². The number of halogens is 2. The third-order valence-electron chi connectivity index (χ3n) is 4.23. The zero-order valence-corrected chi connectivity index (χ0v) is 13.5. The smallest absolute Gasteiger partial charge is 0.207 e. The van der Waals surface area contributed by atoms with Crippen molar-refractivity contribution in [1.29, 1.82) is 0 Å². The van der Waals surface area contributed by atoms with E-state index in [1.54, 1.807) is 0 Å². The van der Waals surface area contributed by atoms with Crippen molar-refractivity contribution in [2.75, 3.05) is 6.54 Å². The molecule has 3 nitrogen and oxygen atoms in total. The highest BCUT2D eigenvalue weighted by molar-refractivity contribution is 7.89. The van der Waals surface area contributed by atoms with Gasteiger partial charge in [-0.05, 0) is 49.1 Å². The van der Waals surface area contributed by atoms with Crippen LogP contribution in [0.1, 0.15) is 30.0 Å². The van der Waals surface area contributed by atoms with Crippen molar-refractivity contribution in [3.05, 3.63) is 65.2 Å². The quantitative estimate of drug-likeness (QED) is 0.854. The van der Waals surface area contributed by atoms with Gasteiger partial charge in [0.25, 0.3) is 0 Å². The Labute approximate surface area is 134 Å². The molecule has 0 N–H and O–H groups in total. The molecular formula is C17H17F2NO2S. The molecule has 0 radical (unpaired) electrons. The Bertz CT molecular complexity index is 836. The molecule has 122 valence electrons. The van der Waals surface area contributed by atoms with Crippen molar-refractivity contribution in [2.24, 2.45) is 0 Å². The maximum atomic E-state index is 14.0. The SMILES string of the molecule is Cc1ccccc1[C@H]1CCCN1S(=O)(=O)c1cc(F)ccc1F. The lowest BCUT2D eigenvalue weighted by molar-refractivity contribution is 0.392. The van der Waals surface area contributed by atoms with E-state index in [1.165, 1.54) is 4.31 Å². The first-order valence-electron chi connectivity index (χ1n) is 7.43. The van der Waals surface area contributed by atoms with Crippen LogP contribution in [0.3, 0.4) is 0 Å². The average Bonchev–Trinajstić information content (AvgIpc) is 3.00. The summed E-state index contributed by atoms with van der Waals surface area (Å²) in [7, 11) is -4.09. The fourth-order valence-corrected chi connectivity index (χ4v) is 4.85. The molecule has 0 spiro atoms. The third-order valence-corrected chi connectivity index (χ3v) is 6.15. The van der Waals surface area contributed by atoms with Crippen LogP contribution in [0.5, 0.6) is 0 Å². The van der Waals surface area contributed by atoms with E-state index in [9.17, 15) is 17.2 Å². The maximum absolute atomic E-state index is 14.0. The molecule has 2 aromatic carbocycles. The molecule has 1 aliphatic rings. The summed E-state index contributed by atoms with van der Waals surface area (Å²) in [5, 5.41) is 0. The van der Waals surface area contributed by atoms with Crippen LogP contribution in [0.25, 0.3) is 0 Å². The second-order valence-electron chi connectivity index (χ2n) is 5.71. The van der Waals surface area contributed by atoms with Gasteiger partial charge in [0, 0.05) is 6.54 Å². The predicted octanol–water partition coefficient (Wildman–Crippen LogP) is 3.80. The summed E-state index contributed by atoms with van der Waals surface area (Å²) in [6, 6.07) is 9.71. The van der Waals surface area contributed by atoms with Crippen LogP contribution >= 0.6 is 0 Å². The third kappa shape index (κ3) is 2.88. The number of benzene rings is 2. The Balaban J connectivity index is 2.05. The zero-order chi connectivity index (χ0) is 16.6. The van der Waals surface area contributed by atoms with Crippen molar-refractivity contribution in [3.63, 3.8) is 0 Å². The number of hydrogen-bond donors (Lipinski definition) is 0. The molecule has 0 amide bonds. The van der Waals surface area contributed by atoms with Gasteiger partial charge in [0.2, 0.25) is 10.0 Å². The summed E-state index contributed by atoms with van der Waals surface area (Å²) in [5.41, 5.74) is 1.89. The summed E-state index contributed by atoms with van der Waals surface area (Å²) >= 11 is 0. The molecule has 1 heterocycles. The normalized spacial score (nSPS) is 19.2. The first-order chi connectivity index (χ1) is 10.9. The summed E-state index contributed by atoms with van der Waals surface area (Å²) in [6.07, 6.45) is 1.36. The van der Waals surface area contributed by atoms with Crippen molar-refractivity contribution in [2.45, 2.75) is 30.7 Å². The van der Waals surface area contributed by atoms with Crippen LogP contribution in [-0.2, 0) is 10.0 Å². The number of nitrogens with zero attached hydrogens (tertiary/aromatic N) is 1. The molecule has 23 heavy (non-hydrogen) atoms. The lowest BCUT2D eigenvalue weighted by Crippen LogP contribution is -2.31. The first-order valence-corrected chi connectivity index (χ1v) is 8.87. The van der Waals surface area contributed by atoms with Crippen LogP contribution < -0.4 is 0 Å². The van der Waals surface area contributed by atoms with Gasteiger partial charge in [-0.1, -0.05) is 24.3 Å². The Morgan fingerprint density at radius 3 is 2.61 bits per heavy atom. The number of aryl methyl sites for hydroxylation is 1. The lowest BCUT2D eigenvalue weighted by Gasteiger charge is -2.25. The van der Waals surface area contributed by atoms with E-state index in [0.29, 0.717) is 19.4 Å². The monoisotopic (exact) mass is 337 g/mol. The van der Waals surface area contributed by atoms with Crippen molar-refractivity contribution in [3.8, 4) is 0 Å². The van der Waals surface area contributed by atoms with Gasteiger partial charge >= 0.3 is 0 Å². The fraction of sp³-hybridized carbons (Fsp3) is 0.294. The van der Waals surface area contributed by atoms with Crippen LogP contribution in [0.15, 0.2) is 47.4 Å². The van der Waals surface area contributed by atoms with Crippen molar-refractivity contribution in [1.82, 2.24) is 4.31 Å². The lowest BCUT2D eigenvalue weighted by atomic mass is 10.0. The molecule has 0 unspecified atom stereocenters. The second kappa shape index (κ2) is 6.02. The molecule has 1 saturated heterocycles. The Morgan fingerprint density at radius 2 is 1.87 bits per heavy atom. The number of hydrogen-bond acceptors (Lipinski definition) is 2. The standard InChI is InChI=1S/C17H17F2NO2S/c1-12-5-2-3-6-14(12)16-7-4-10-20(16)23(21,22)17-11-13(18)8-9-15(17)19/h2-3,5-6,8-9,11,16H,4,7,10H2,1H3/t16-/m1/s1. The van der Waals surface area contributed by atoms with Gasteiger partial charge in [-0.15, -0.1) is 0 Å². The first kappa shape index (κ1) is 16.1. The summed E-state index contributed by atoms with van der Waals surface area (Å²) in [5.74, 6) is -1.70. The molecule has 3 rings (SSSR count). The van der Waals surface area contributed by atoms with Gasteiger partial charge in [0.15, 0.2) is 0 Å². The molecule has 0 saturated carbocycles. The molecule has 2 aromatic rings. The maximum Gasteiger partial charge on any atom is 0.246 e. The molecule has 0 bridgehead atoms. The highest BCUT2D eigenvalue weighted by atomic mass is 32.2. The van der Waals surface area contributed by atoms with E-state index in [-0.39, 0.29) is 6.04 Å². The second-order valence-corrected chi connectivity index (χ2v) is 7.56. The minimum Gasteiger partial charge on any atom is -0.207 e. The van der Waals surface area contributed by atoms with Gasteiger partial charge in [-0.3, -0.25) is 0 Å². The predicted molar refractivity (Wildman–Crippen MR) is 83.4 cm³/mol. The summed E-state index contributed by atoms with van der Waals surface area (Å²) in [6.45, 7) is 2.22. The minimum atomic E-state index is -4.09. The van der Waals surface area contributed by atoms with Crippen molar-refractivity contribution >= 4 is 10.0 Å². The molecule has 1 atom stereocenters. The highest BCUT2D eigenvalue weighted by Crippen LogP contribution is 2.38. The van der Waals surface area contributed by atoms with E-state index in [0.717, 1.165) is 29.3 Å². The largest absolute Gasteiger partial charge is 0.246 e. The zero-order valence-electron chi connectivity index (χ0n) is 12.7. The van der Waals surface area contributed by atoms with E-state index in [2.05, 4.69) is 0 Å². The van der Waals surface area contributed by atoms with Gasteiger partial charge in [0.1, 0.15) is 16.5 Å². The van der Waals surface area contributed by atoms with E-state index in [4.69, 9.17) is 0 Å².